The number of aryl methyl sites for hydroxylation is 2. The fourth-order valence-electron chi connectivity index (χ4n) is 5.62. The number of rotatable bonds is 6. The number of methoxy groups -OCH3 is 2. The zero-order valence-electron chi connectivity index (χ0n) is 20.7. The number of benzene rings is 1. The number of aromatic nitrogens is 2. The van der Waals surface area contributed by atoms with Crippen molar-refractivity contribution in [3.8, 4) is 16.9 Å². The van der Waals surface area contributed by atoms with Gasteiger partial charge in [0.15, 0.2) is 0 Å². The molecule has 1 aromatic carbocycles. The molecular weight excluding hydrogens is 430 g/mol. The van der Waals surface area contributed by atoms with Gasteiger partial charge in [-0.1, -0.05) is 12.1 Å². The van der Waals surface area contributed by atoms with E-state index in [2.05, 4.69) is 24.2 Å². The van der Waals surface area contributed by atoms with Crippen LogP contribution in [-0.4, -0.2) is 49.9 Å². The molecular formula is C27H33N3O4. The molecule has 0 radical (unpaired) electrons. The summed E-state index contributed by atoms with van der Waals surface area (Å²) in [6, 6.07) is 4.21. The second-order valence-electron chi connectivity index (χ2n) is 9.56. The van der Waals surface area contributed by atoms with Gasteiger partial charge in [-0.15, -0.1) is 0 Å². The van der Waals surface area contributed by atoms with Gasteiger partial charge in [-0.2, -0.15) is 0 Å². The van der Waals surface area contributed by atoms with Crippen LogP contribution < -0.4 is 4.74 Å². The minimum Gasteiger partial charge on any atom is -0.496 e. The lowest BCUT2D eigenvalue weighted by molar-refractivity contribution is 0.0819. The minimum atomic E-state index is 0.297. The summed E-state index contributed by atoms with van der Waals surface area (Å²) >= 11 is 0. The maximum absolute atomic E-state index is 5.87. The molecule has 0 amide bonds. The van der Waals surface area contributed by atoms with Crippen molar-refractivity contribution < 1.29 is 18.7 Å². The zero-order valence-corrected chi connectivity index (χ0v) is 20.7. The predicted molar refractivity (Wildman–Crippen MR) is 132 cm³/mol. The molecule has 1 fully saturated rings. The first-order chi connectivity index (χ1) is 16.5. The van der Waals surface area contributed by atoms with E-state index in [1.54, 1.807) is 14.2 Å². The molecule has 34 heavy (non-hydrogen) atoms. The average molecular weight is 464 g/mol. The van der Waals surface area contributed by atoms with Crippen LogP contribution >= 0.6 is 0 Å². The Morgan fingerprint density at radius 1 is 1.15 bits per heavy atom. The van der Waals surface area contributed by atoms with Crippen LogP contribution in [0.15, 0.2) is 27.8 Å². The minimum absolute atomic E-state index is 0.297. The molecule has 1 saturated heterocycles. The number of pyridine rings is 1. The maximum atomic E-state index is 5.87. The van der Waals surface area contributed by atoms with Gasteiger partial charge in [-0.3, -0.25) is 9.98 Å². The van der Waals surface area contributed by atoms with E-state index in [0.29, 0.717) is 24.4 Å². The fraction of sp³-hybridized carbons (Fsp3) is 0.519. The highest BCUT2D eigenvalue weighted by Gasteiger charge is 2.33. The normalized spacial score (nSPS) is 19.7. The molecule has 2 aliphatic heterocycles. The first-order valence-electron chi connectivity index (χ1n) is 12.1. The highest BCUT2D eigenvalue weighted by Crippen LogP contribution is 2.47. The lowest BCUT2D eigenvalue weighted by Gasteiger charge is -2.34. The molecule has 180 valence electrons. The third-order valence-corrected chi connectivity index (χ3v) is 7.39. The molecule has 1 unspecified atom stereocenters. The summed E-state index contributed by atoms with van der Waals surface area (Å²) in [6.07, 6.45) is 4.95. The third-order valence-electron chi connectivity index (χ3n) is 7.39. The molecule has 0 bridgehead atoms. The van der Waals surface area contributed by atoms with E-state index < -0.39 is 0 Å². The fourth-order valence-corrected chi connectivity index (χ4v) is 5.62. The van der Waals surface area contributed by atoms with E-state index in [1.807, 2.05) is 20.0 Å². The molecule has 7 heteroatoms. The summed E-state index contributed by atoms with van der Waals surface area (Å²) in [4.78, 5) is 10.0. The Bertz CT molecular complexity index is 1210. The van der Waals surface area contributed by atoms with Gasteiger partial charge in [0.2, 0.25) is 0 Å². The van der Waals surface area contributed by atoms with Crippen molar-refractivity contribution in [2.24, 2.45) is 16.8 Å². The Morgan fingerprint density at radius 3 is 2.62 bits per heavy atom. The SMILES string of the molecule is COC[C@H](C)C1CC(C2CCOCC2)=Nc2cnc3cc(-c4c(C)noc4C)c(OC)cc3c21. The van der Waals surface area contributed by atoms with Crippen LogP contribution in [-0.2, 0) is 9.47 Å². The van der Waals surface area contributed by atoms with Gasteiger partial charge in [0.1, 0.15) is 11.5 Å². The van der Waals surface area contributed by atoms with Crippen molar-refractivity contribution in [1.29, 1.82) is 0 Å². The Kier molecular flexibility index (Phi) is 6.40. The number of hydrogen-bond donors (Lipinski definition) is 0. The zero-order chi connectivity index (χ0) is 23.8. The van der Waals surface area contributed by atoms with Crippen LogP contribution in [0, 0.1) is 25.7 Å². The Hall–Kier alpha value is -2.77. The van der Waals surface area contributed by atoms with Gasteiger partial charge < -0.3 is 18.7 Å². The van der Waals surface area contributed by atoms with E-state index in [0.717, 1.165) is 77.4 Å². The number of aliphatic imine (C=N–C) groups is 1. The summed E-state index contributed by atoms with van der Waals surface area (Å²) in [5.41, 5.74) is 7.17. The van der Waals surface area contributed by atoms with E-state index in [-0.39, 0.29) is 0 Å². The van der Waals surface area contributed by atoms with Gasteiger partial charge in [0.05, 0.1) is 35.8 Å². The van der Waals surface area contributed by atoms with Crippen LogP contribution in [0.2, 0.25) is 0 Å². The van der Waals surface area contributed by atoms with Gasteiger partial charge in [0.25, 0.3) is 0 Å². The highest BCUT2D eigenvalue weighted by atomic mass is 16.5. The van der Waals surface area contributed by atoms with Gasteiger partial charge in [-0.25, -0.2) is 0 Å². The first-order valence-corrected chi connectivity index (χ1v) is 12.1. The molecule has 0 spiro atoms. The van der Waals surface area contributed by atoms with Gasteiger partial charge in [0, 0.05) is 49.5 Å². The summed E-state index contributed by atoms with van der Waals surface area (Å²) < 4.78 is 22.5. The van der Waals surface area contributed by atoms with Crippen LogP contribution in [0.1, 0.15) is 49.1 Å². The van der Waals surface area contributed by atoms with Crippen molar-refractivity contribution in [3.63, 3.8) is 0 Å². The molecule has 5 rings (SSSR count). The Labute approximate surface area is 200 Å². The second kappa shape index (κ2) is 9.47. The van der Waals surface area contributed by atoms with Crippen molar-refractivity contribution in [2.75, 3.05) is 34.0 Å². The van der Waals surface area contributed by atoms with E-state index >= 15 is 0 Å². The summed E-state index contributed by atoms with van der Waals surface area (Å²) in [5, 5.41) is 5.23. The Morgan fingerprint density at radius 2 is 1.94 bits per heavy atom. The lowest BCUT2D eigenvalue weighted by atomic mass is 9.76. The highest BCUT2D eigenvalue weighted by molar-refractivity contribution is 5.98. The molecule has 2 atom stereocenters. The Balaban J connectivity index is 1.69. The summed E-state index contributed by atoms with van der Waals surface area (Å²) in [5.74, 6) is 2.67. The number of nitrogens with zero attached hydrogens (tertiary/aromatic N) is 3. The second-order valence-corrected chi connectivity index (χ2v) is 9.56. The van der Waals surface area contributed by atoms with Crippen molar-refractivity contribution in [2.45, 2.75) is 46.0 Å². The van der Waals surface area contributed by atoms with E-state index in [1.165, 1.54) is 11.3 Å². The smallest absolute Gasteiger partial charge is 0.141 e. The summed E-state index contributed by atoms with van der Waals surface area (Å²) in [6.45, 7) is 8.47. The summed E-state index contributed by atoms with van der Waals surface area (Å²) in [7, 11) is 3.48. The van der Waals surface area contributed by atoms with Crippen molar-refractivity contribution in [3.05, 3.63) is 35.3 Å². The standard InChI is InChI=1S/C27H33N3O4/c1-15(14-31-4)19-10-22(18-6-8-33-9-7-18)29-24-13-28-23-11-21(26-16(2)30-34-17(26)3)25(32-5)12-20(23)27(19)24/h11-13,15,18-19H,6-10,14H2,1-5H3/t15-,19?/m0/s1. The topological polar surface area (TPSA) is 79.0 Å². The van der Waals surface area contributed by atoms with Crippen LogP contribution in [0.5, 0.6) is 5.75 Å². The maximum Gasteiger partial charge on any atom is 0.141 e. The molecule has 2 aromatic heterocycles. The van der Waals surface area contributed by atoms with Crippen LogP contribution in [0.25, 0.3) is 22.0 Å². The monoisotopic (exact) mass is 463 g/mol. The van der Waals surface area contributed by atoms with Crippen LogP contribution in [0.4, 0.5) is 5.69 Å². The first kappa shape index (κ1) is 23.0. The third kappa shape index (κ3) is 4.01. The molecule has 3 aromatic rings. The molecule has 0 N–H and O–H groups in total. The number of hydrogen-bond acceptors (Lipinski definition) is 7. The van der Waals surface area contributed by atoms with Gasteiger partial charge >= 0.3 is 0 Å². The average Bonchev–Trinajstić information content (AvgIpc) is 3.20. The van der Waals surface area contributed by atoms with E-state index in [4.69, 9.17) is 28.7 Å². The van der Waals surface area contributed by atoms with E-state index in [9.17, 15) is 0 Å². The van der Waals surface area contributed by atoms with Gasteiger partial charge in [-0.05, 0) is 62.6 Å². The lowest BCUT2D eigenvalue weighted by Crippen LogP contribution is -2.29. The largest absolute Gasteiger partial charge is 0.496 e. The molecule has 7 nitrogen and oxygen atoms in total. The number of fused-ring (bicyclic) bond motifs is 3. The molecule has 0 aliphatic carbocycles. The quantitative estimate of drug-likeness (QED) is 0.461. The molecule has 2 aliphatic rings. The van der Waals surface area contributed by atoms with Crippen molar-refractivity contribution >= 4 is 22.3 Å². The van der Waals surface area contributed by atoms with Crippen molar-refractivity contribution in [1.82, 2.24) is 10.1 Å². The molecule has 0 saturated carbocycles. The molecule has 4 heterocycles. The number of ether oxygens (including phenoxy) is 3. The predicted octanol–water partition coefficient (Wildman–Crippen LogP) is 5.78. The van der Waals surface area contributed by atoms with Crippen LogP contribution in [0.3, 0.4) is 0 Å².